The summed E-state index contributed by atoms with van der Waals surface area (Å²) in [4.78, 5) is 9.29. The van der Waals surface area contributed by atoms with Crippen LogP contribution >= 0.6 is 0 Å². The number of benzene rings is 4. The van der Waals surface area contributed by atoms with Crippen LogP contribution in [0.1, 0.15) is 5.56 Å². The summed E-state index contributed by atoms with van der Waals surface area (Å²) in [5, 5.41) is 1.69. The van der Waals surface area contributed by atoms with Crippen molar-refractivity contribution in [3.8, 4) is 0 Å². The minimum absolute atomic E-state index is 0.365. The summed E-state index contributed by atoms with van der Waals surface area (Å²) < 4.78 is 53.2. The minimum Gasteiger partial charge on any atom is -0.378 e. The third-order valence-corrected chi connectivity index (χ3v) is 11.8. The summed E-state index contributed by atoms with van der Waals surface area (Å²) in [6.45, 7) is 10.7. The van der Waals surface area contributed by atoms with Crippen LogP contribution in [0.25, 0.3) is 10.8 Å². The highest BCUT2D eigenvalue weighted by Crippen LogP contribution is 2.32. The van der Waals surface area contributed by atoms with Crippen LogP contribution in [-0.2, 0) is 35.5 Å². The molecule has 286 valence electrons. The molecule has 0 aliphatic carbocycles. The molecule has 2 fully saturated rings. The number of hydrogen-bond acceptors (Lipinski definition) is 10. The van der Waals surface area contributed by atoms with Gasteiger partial charge in [-0.25, -0.2) is 8.42 Å². The molecule has 0 unspecified atom stereocenters. The zero-order valence-electron chi connectivity index (χ0n) is 31.3. The van der Waals surface area contributed by atoms with Gasteiger partial charge in [-0.1, -0.05) is 54.6 Å². The molecule has 0 aromatic heterocycles. The van der Waals surface area contributed by atoms with Crippen molar-refractivity contribution in [1.29, 1.82) is 0 Å². The number of fused-ring (bicyclic) bond motifs is 1. The second kappa shape index (κ2) is 19.5. The zero-order valence-corrected chi connectivity index (χ0v) is 32.1. The first-order valence-corrected chi connectivity index (χ1v) is 20.2. The summed E-state index contributed by atoms with van der Waals surface area (Å²) in [7, 11) is 0.289. The van der Waals surface area contributed by atoms with Crippen LogP contribution in [-0.4, -0.2) is 137 Å². The van der Waals surface area contributed by atoms with Gasteiger partial charge < -0.3 is 33.6 Å². The first-order valence-electron chi connectivity index (χ1n) is 18.8. The van der Waals surface area contributed by atoms with Gasteiger partial charge >= 0.3 is 0 Å². The first kappa shape index (κ1) is 39.0. The highest BCUT2D eigenvalue weighted by molar-refractivity contribution is 7.89. The molecule has 6 rings (SSSR count). The van der Waals surface area contributed by atoms with Crippen molar-refractivity contribution >= 4 is 37.9 Å². The lowest BCUT2D eigenvalue weighted by Gasteiger charge is -2.36. The van der Waals surface area contributed by atoms with E-state index in [1.54, 1.807) is 10.4 Å². The summed E-state index contributed by atoms with van der Waals surface area (Å²) in [6.07, 6.45) is 0. The monoisotopic (exact) mass is 745 g/mol. The second-order valence-electron chi connectivity index (χ2n) is 13.6. The van der Waals surface area contributed by atoms with E-state index in [2.05, 4.69) is 63.2 Å². The van der Waals surface area contributed by atoms with Gasteiger partial charge in [0.05, 0.1) is 57.8 Å². The van der Waals surface area contributed by atoms with Crippen molar-refractivity contribution in [2.45, 2.75) is 11.4 Å². The molecule has 0 N–H and O–H groups in total. The molecule has 4 aromatic carbocycles. The van der Waals surface area contributed by atoms with Crippen LogP contribution in [0.5, 0.6) is 0 Å². The highest BCUT2D eigenvalue weighted by atomic mass is 32.2. The lowest BCUT2D eigenvalue weighted by atomic mass is 10.1. The van der Waals surface area contributed by atoms with Crippen LogP contribution < -0.4 is 14.7 Å². The molecule has 11 nitrogen and oxygen atoms in total. The van der Waals surface area contributed by atoms with Gasteiger partial charge in [-0.15, -0.1) is 0 Å². The average molecular weight is 746 g/mol. The highest BCUT2D eigenvalue weighted by Gasteiger charge is 2.30. The number of piperazine rings is 1. The molecule has 53 heavy (non-hydrogen) atoms. The Morgan fingerprint density at radius 3 is 1.60 bits per heavy atom. The fourth-order valence-electron chi connectivity index (χ4n) is 6.94. The SMILES string of the molecule is CN(C)c1cccc2c(S(=O)(=O)N3CCN(c4ccc(N5CCOCCOCCN(Cc6ccccc6)CCOCCOCC5)cc4)CC3)cccc12. The predicted octanol–water partition coefficient (Wildman–Crippen LogP) is 4.81. The van der Waals surface area contributed by atoms with E-state index in [1.807, 2.05) is 55.4 Å². The standard InChI is InChI=1S/C41H55N5O6S/c1-42(2)40-12-6-11-39-38(40)10-7-13-41(39)53(47,48)46-20-18-44(19-21-46)36-14-16-37(17-15-36)45-24-28-51-32-30-49-26-22-43(34-35-8-4-3-5-9-35)23-27-50-31-33-52-29-25-45/h3-17H,18-34H2,1-2H3. The molecule has 4 aromatic rings. The molecule has 0 bridgehead atoms. The summed E-state index contributed by atoms with van der Waals surface area (Å²) in [5.41, 5.74) is 4.45. The Labute approximate surface area is 315 Å². The van der Waals surface area contributed by atoms with E-state index in [-0.39, 0.29) is 0 Å². The minimum atomic E-state index is -3.66. The van der Waals surface area contributed by atoms with Crippen molar-refractivity contribution in [3.63, 3.8) is 0 Å². The summed E-state index contributed by atoms with van der Waals surface area (Å²) in [6, 6.07) is 30.4. The largest absolute Gasteiger partial charge is 0.378 e. The lowest BCUT2D eigenvalue weighted by Crippen LogP contribution is -2.48. The van der Waals surface area contributed by atoms with E-state index >= 15 is 0 Å². The molecular formula is C41H55N5O6S. The number of nitrogens with zero attached hydrogens (tertiary/aromatic N) is 5. The third-order valence-electron chi connectivity index (χ3n) is 9.89. The maximum Gasteiger partial charge on any atom is 0.243 e. The number of ether oxygens (including phenoxy) is 4. The van der Waals surface area contributed by atoms with Crippen molar-refractivity contribution < 1.29 is 27.4 Å². The smallest absolute Gasteiger partial charge is 0.243 e. The lowest BCUT2D eigenvalue weighted by molar-refractivity contribution is 0.0211. The zero-order chi connectivity index (χ0) is 36.9. The Morgan fingerprint density at radius 1 is 0.528 bits per heavy atom. The quantitative estimate of drug-likeness (QED) is 0.263. The molecule has 12 heteroatoms. The molecule has 0 spiro atoms. The molecular weight excluding hydrogens is 691 g/mol. The van der Waals surface area contributed by atoms with E-state index in [4.69, 9.17) is 18.9 Å². The average Bonchev–Trinajstić information content (AvgIpc) is 3.18. The molecule has 2 aliphatic rings. The van der Waals surface area contributed by atoms with E-state index in [0.717, 1.165) is 60.6 Å². The van der Waals surface area contributed by atoms with Gasteiger partial charge in [-0.3, -0.25) is 4.90 Å². The number of rotatable bonds is 7. The van der Waals surface area contributed by atoms with Crippen LogP contribution in [0.4, 0.5) is 17.1 Å². The Morgan fingerprint density at radius 2 is 1.04 bits per heavy atom. The van der Waals surface area contributed by atoms with Crippen LogP contribution in [0.15, 0.2) is 95.9 Å². The molecule has 2 heterocycles. The number of sulfonamides is 1. The normalized spacial score (nSPS) is 18.8. The summed E-state index contributed by atoms with van der Waals surface area (Å²) in [5.74, 6) is 0. The Bertz CT molecular complexity index is 1780. The predicted molar refractivity (Wildman–Crippen MR) is 213 cm³/mol. The second-order valence-corrected chi connectivity index (χ2v) is 15.5. The maximum atomic E-state index is 13.9. The fourth-order valence-corrected chi connectivity index (χ4v) is 8.57. The van der Waals surface area contributed by atoms with E-state index < -0.39 is 10.0 Å². The summed E-state index contributed by atoms with van der Waals surface area (Å²) >= 11 is 0. The van der Waals surface area contributed by atoms with Crippen molar-refractivity contribution in [1.82, 2.24) is 9.21 Å². The van der Waals surface area contributed by atoms with Crippen LogP contribution in [0, 0.1) is 0 Å². The molecule has 0 radical (unpaired) electrons. The van der Waals surface area contributed by atoms with Gasteiger partial charge in [-0.2, -0.15) is 4.31 Å². The van der Waals surface area contributed by atoms with E-state index in [1.165, 1.54) is 5.56 Å². The molecule has 0 amide bonds. The van der Waals surface area contributed by atoms with Crippen LogP contribution in [0.2, 0.25) is 0 Å². The van der Waals surface area contributed by atoms with Gasteiger partial charge in [0, 0.05) is 101 Å². The van der Waals surface area contributed by atoms with Gasteiger partial charge in [0.15, 0.2) is 0 Å². The van der Waals surface area contributed by atoms with E-state index in [9.17, 15) is 8.42 Å². The number of hydrogen-bond donors (Lipinski definition) is 0. The maximum absolute atomic E-state index is 13.9. The first-order chi connectivity index (χ1) is 25.9. The molecule has 0 saturated carbocycles. The Balaban J connectivity index is 1.00. The van der Waals surface area contributed by atoms with Crippen molar-refractivity contribution in [2.75, 3.05) is 134 Å². The van der Waals surface area contributed by atoms with E-state index in [0.29, 0.717) is 83.9 Å². The van der Waals surface area contributed by atoms with Gasteiger partial charge in [0.2, 0.25) is 10.0 Å². The van der Waals surface area contributed by atoms with Gasteiger partial charge in [0.1, 0.15) is 0 Å². The Hall–Kier alpha value is -3.75. The number of anilines is 3. The fraction of sp³-hybridized carbons (Fsp3) is 0.463. The Kier molecular flexibility index (Phi) is 14.4. The van der Waals surface area contributed by atoms with Crippen molar-refractivity contribution in [2.24, 2.45) is 0 Å². The molecule has 2 saturated heterocycles. The van der Waals surface area contributed by atoms with Crippen molar-refractivity contribution in [3.05, 3.63) is 96.6 Å². The third kappa shape index (κ3) is 10.7. The topological polar surface area (TPSA) is 87.3 Å². The van der Waals surface area contributed by atoms with Gasteiger partial charge in [0.25, 0.3) is 0 Å². The molecule has 0 atom stereocenters. The van der Waals surface area contributed by atoms with Gasteiger partial charge in [-0.05, 0) is 42.0 Å². The van der Waals surface area contributed by atoms with Crippen LogP contribution in [0.3, 0.4) is 0 Å². The molecule has 2 aliphatic heterocycles.